The number of quaternary nitrogens is 1. The molecule has 0 aromatic heterocycles. The average Bonchev–Trinajstić information content (AvgIpc) is 2.52. The average molecular weight is 365 g/mol. The van der Waals surface area contributed by atoms with E-state index in [-0.39, 0.29) is 30.7 Å². The lowest BCUT2D eigenvalue weighted by Crippen LogP contribution is -3.11. The van der Waals surface area contributed by atoms with Crippen LogP contribution in [0.5, 0.6) is 0 Å². The molecule has 0 radical (unpaired) electrons. The van der Waals surface area contributed by atoms with E-state index in [1.165, 1.54) is 24.3 Å². The third-order valence-corrected chi connectivity index (χ3v) is 3.92. The number of benzene rings is 2. The van der Waals surface area contributed by atoms with Crippen LogP contribution < -0.4 is 15.5 Å². The Morgan fingerprint density at radius 2 is 1.52 bits per heavy atom. The summed E-state index contributed by atoms with van der Waals surface area (Å²) in [6, 6.07) is 10.8. The number of carbonyl (C=O) groups excluding carboxylic acids is 2. The molecule has 2 aromatic carbocycles. The smallest absolute Gasteiger partial charge is 0.279 e. The molecule has 2 rings (SSSR count). The summed E-state index contributed by atoms with van der Waals surface area (Å²) in [5, 5.41) is 5.99. The van der Waals surface area contributed by atoms with E-state index >= 15 is 0 Å². The summed E-state index contributed by atoms with van der Waals surface area (Å²) in [5.41, 5.74) is 2.06. The van der Waals surface area contributed by atoms with Gasteiger partial charge in [0, 0.05) is 16.4 Å². The van der Waals surface area contributed by atoms with E-state index in [1.807, 2.05) is 13.0 Å². The lowest BCUT2D eigenvalue weighted by atomic mass is 10.2. The van der Waals surface area contributed by atoms with Crippen LogP contribution in [0.2, 0.25) is 5.02 Å². The van der Waals surface area contributed by atoms with Crippen molar-refractivity contribution >= 4 is 34.8 Å². The zero-order chi connectivity index (χ0) is 18.4. The van der Waals surface area contributed by atoms with E-state index < -0.39 is 0 Å². The summed E-state index contributed by atoms with van der Waals surface area (Å²) in [5.74, 6) is -0.837. The molecule has 0 bridgehead atoms. The van der Waals surface area contributed by atoms with Crippen molar-refractivity contribution in [2.75, 3.05) is 30.8 Å². The van der Waals surface area contributed by atoms with Gasteiger partial charge in [-0.2, -0.15) is 0 Å². The van der Waals surface area contributed by atoms with Gasteiger partial charge in [0.25, 0.3) is 11.8 Å². The maximum Gasteiger partial charge on any atom is 0.279 e. The molecule has 7 heteroatoms. The highest BCUT2D eigenvalue weighted by molar-refractivity contribution is 6.31. The Morgan fingerprint density at radius 1 is 1.00 bits per heavy atom. The molecule has 25 heavy (non-hydrogen) atoms. The minimum atomic E-state index is -0.367. The molecule has 3 N–H and O–H groups in total. The zero-order valence-electron chi connectivity index (χ0n) is 14.0. The molecule has 2 amide bonds. The molecule has 0 aliphatic rings. The fourth-order valence-electron chi connectivity index (χ4n) is 2.22. The molecule has 1 atom stereocenters. The number of likely N-dealkylation sites (N-methyl/N-ethyl adjacent to an activating group) is 1. The minimum absolute atomic E-state index is 0.111. The van der Waals surface area contributed by atoms with E-state index in [0.717, 1.165) is 10.5 Å². The second-order valence-electron chi connectivity index (χ2n) is 5.88. The Hall–Kier alpha value is -2.44. The number of halogens is 2. The number of hydrogen-bond donors (Lipinski definition) is 3. The van der Waals surface area contributed by atoms with Gasteiger partial charge >= 0.3 is 0 Å². The van der Waals surface area contributed by atoms with Gasteiger partial charge in [0.05, 0.1) is 7.05 Å². The van der Waals surface area contributed by atoms with Gasteiger partial charge in [0.15, 0.2) is 13.1 Å². The molecule has 0 saturated heterocycles. The topological polar surface area (TPSA) is 62.6 Å². The predicted molar refractivity (Wildman–Crippen MR) is 96.5 cm³/mol. The SMILES string of the molecule is Cc1ccc(NC(=O)C[NH+](C)CC(=O)Nc2ccc(F)cc2)cc1Cl. The van der Waals surface area contributed by atoms with Crippen LogP contribution in [-0.4, -0.2) is 32.0 Å². The monoisotopic (exact) mass is 364 g/mol. The van der Waals surface area contributed by atoms with E-state index in [0.29, 0.717) is 16.4 Å². The highest BCUT2D eigenvalue weighted by Crippen LogP contribution is 2.19. The van der Waals surface area contributed by atoms with E-state index in [4.69, 9.17) is 11.6 Å². The molecule has 0 fully saturated rings. The van der Waals surface area contributed by atoms with Gasteiger partial charge in [-0.25, -0.2) is 4.39 Å². The van der Waals surface area contributed by atoms with Crippen molar-refractivity contribution in [3.05, 3.63) is 58.9 Å². The highest BCUT2D eigenvalue weighted by Gasteiger charge is 2.15. The summed E-state index contributed by atoms with van der Waals surface area (Å²) in [4.78, 5) is 24.7. The summed E-state index contributed by atoms with van der Waals surface area (Å²) in [7, 11) is 1.74. The van der Waals surface area contributed by atoms with Crippen molar-refractivity contribution in [1.82, 2.24) is 0 Å². The van der Waals surface area contributed by atoms with Crippen LogP contribution in [0.3, 0.4) is 0 Å². The number of amides is 2. The molecule has 2 aromatic rings. The molecule has 1 unspecified atom stereocenters. The third-order valence-electron chi connectivity index (χ3n) is 3.51. The first-order chi connectivity index (χ1) is 11.8. The lowest BCUT2D eigenvalue weighted by molar-refractivity contribution is -0.862. The Labute approximate surface area is 150 Å². The Bertz CT molecular complexity index is 765. The normalized spacial score (nSPS) is 11.7. The molecule has 5 nitrogen and oxygen atoms in total. The first-order valence-corrected chi connectivity index (χ1v) is 8.14. The molecule has 0 spiro atoms. The molecule has 132 valence electrons. The summed E-state index contributed by atoms with van der Waals surface area (Å²) >= 11 is 6.03. The van der Waals surface area contributed by atoms with Crippen molar-refractivity contribution in [3.8, 4) is 0 Å². The zero-order valence-corrected chi connectivity index (χ0v) is 14.8. The number of rotatable bonds is 6. The molecule has 0 heterocycles. The van der Waals surface area contributed by atoms with E-state index in [2.05, 4.69) is 10.6 Å². The maximum absolute atomic E-state index is 12.8. The summed E-state index contributed by atoms with van der Waals surface area (Å²) in [6.45, 7) is 2.12. The van der Waals surface area contributed by atoms with Gasteiger partial charge in [-0.05, 0) is 48.9 Å². The van der Waals surface area contributed by atoms with Crippen LogP contribution in [0.25, 0.3) is 0 Å². The largest absolute Gasteiger partial charge is 0.322 e. The van der Waals surface area contributed by atoms with E-state index in [9.17, 15) is 14.0 Å². The Morgan fingerprint density at radius 3 is 2.08 bits per heavy atom. The first-order valence-electron chi connectivity index (χ1n) is 7.76. The summed E-state index contributed by atoms with van der Waals surface area (Å²) in [6.07, 6.45) is 0. The van der Waals surface area contributed by atoms with Gasteiger partial charge < -0.3 is 15.5 Å². The van der Waals surface area contributed by atoms with Gasteiger partial charge in [-0.3, -0.25) is 9.59 Å². The Balaban J connectivity index is 1.81. The maximum atomic E-state index is 12.8. The first kappa shape index (κ1) is 18.9. The van der Waals surface area contributed by atoms with Crippen molar-refractivity contribution in [3.63, 3.8) is 0 Å². The second kappa shape index (κ2) is 8.60. The highest BCUT2D eigenvalue weighted by atomic mass is 35.5. The van der Waals surface area contributed by atoms with Gasteiger partial charge in [0.1, 0.15) is 5.82 Å². The molecule has 0 saturated carbocycles. The van der Waals surface area contributed by atoms with Crippen molar-refractivity contribution in [1.29, 1.82) is 0 Å². The van der Waals surface area contributed by atoms with Gasteiger partial charge in [-0.15, -0.1) is 0 Å². The van der Waals surface area contributed by atoms with Crippen LogP contribution >= 0.6 is 11.6 Å². The fourth-order valence-corrected chi connectivity index (χ4v) is 2.41. The van der Waals surface area contributed by atoms with Crippen LogP contribution in [0.1, 0.15) is 5.56 Å². The number of carbonyl (C=O) groups is 2. The van der Waals surface area contributed by atoms with E-state index in [1.54, 1.807) is 19.2 Å². The third kappa shape index (κ3) is 6.17. The molecular weight excluding hydrogens is 345 g/mol. The molecule has 0 aliphatic carbocycles. The van der Waals surface area contributed by atoms with Crippen molar-refractivity contribution in [2.24, 2.45) is 0 Å². The standard InChI is InChI=1S/C18H19ClFN3O2/c1-12-3-6-15(9-16(12)19)22-18(25)11-23(2)10-17(24)21-14-7-4-13(20)5-8-14/h3-9H,10-11H2,1-2H3,(H,21,24)(H,22,25)/p+1. The number of anilines is 2. The lowest BCUT2D eigenvalue weighted by Gasteiger charge is -2.14. The summed E-state index contributed by atoms with van der Waals surface area (Å²) < 4.78 is 12.8. The van der Waals surface area contributed by atoms with Crippen molar-refractivity contribution in [2.45, 2.75) is 6.92 Å². The molecular formula is C18H20ClFN3O2+. The second-order valence-corrected chi connectivity index (χ2v) is 6.29. The van der Waals surface area contributed by atoms with Gasteiger partial charge in [-0.1, -0.05) is 17.7 Å². The van der Waals surface area contributed by atoms with Crippen LogP contribution in [0.4, 0.5) is 15.8 Å². The number of aryl methyl sites for hydroxylation is 1. The van der Waals surface area contributed by atoms with Gasteiger partial charge in [0.2, 0.25) is 0 Å². The van der Waals surface area contributed by atoms with Crippen LogP contribution in [0.15, 0.2) is 42.5 Å². The number of nitrogens with one attached hydrogen (secondary N) is 3. The fraction of sp³-hybridized carbons (Fsp3) is 0.222. The van der Waals surface area contributed by atoms with Crippen molar-refractivity contribution < 1.29 is 18.9 Å². The Kier molecular flexibility index (Phi) is 6.50. The van der Waals surface area contributed by atoms with Crippen LogP contribution in [0, 0.1) is 12.7 Å². The minimum Gasteiger partial charge on any atom is -0.322 e. The van der Waals surface area contributed by atoms with Crippen LogP contribution in [-0.2, 0) is 9.59 Å². The molecule has 0 aliphatic heterocycles. The number of hydrogen-bond acceptors (Lipinski definition) is 2. The quantitative estimate of drug-likeness (QED) is 0.733. The predicted octanol–water partition coefficient (Wildman–Crippen LogP) is 1.88.